The summed E-state index contributed by atoms with van der Waals surface area (Å²) in [5, 5.41) is 2.63. The maximum absolute atomic E-state index is 6.78. The molecule has 0 radical (unpaired) electrons. The molecule has 0 aliphatic heterocycles. The lowest BCUT2D eigenvalue weighted by molar-refractivity contribution is 0.305. The van der Waals surface area contributed by atoms with E-state index in [1.807, 2.05) is 6.07 Å². The first-order valence-corrected chi connectivity index (χ1v) is 10.9. The molecular weight excluding hydrogens is 320 g/mol. The molecule has 3 aromatic carbocycles. The summed E-state index contributed by atoms with van der Waals surface area (Å²) in [4.78, 5) is 0. The highest BCUT2D eigenvalue weighted by molar-refractivity contribution is 6.97. The summed E-state index contributed by atoms with van der Waals surface area (Å²) >= 11 is 0. The smallest absolute Gasteiger partial charge is 0.259 e. The molecule has 0 aromatic heterocycles. The molecule has 0 aliphatic carbocycles. The molecule has 0 heterocycles. The van der Waals surface area contributed by atoms with Crippen molar-refractivity contribution in [2.45, 2.75) is 19.6 Å². The monoisotopic (exact) mass is 344 g/mol. The Hall–Kier alpha value is -2.42. The molecule has 3 aromatic rings. The van der Waals surface area contributed by atoms with Gasteiger partial charge in [0.1, 0.15) is 0 Å². The van der Waals surface area contributed by atoms with Gasteiger partial charge in [-0.2, -0.15) is 0 Å². The number of benzene rings is 3. The molecule has 1 nitrogen and oxygen atoms in total. The second-order valence-electron chi connectivity index (χ2n) is 6.11. The van der Waals surface area contributed by atoms with E-state index in [-0.39, 0.29) is 0 Å². The van der Waals surface area contributed by atoms with Crippen LogP contribution >= 0.6 is 0 Å². The molecule has 0 aliphatic rings. The summed E-state index contributed by atoms with van der Waals surface area (Å²) in [7, 11) is -2.34. The van der Waals surface area contributed by atoms with Crippen molar-refractivity contribution in [2.24, 2.45) is 0 Å². The van der Waals surface area contributed by atoms with E-state index < -0.39 is 8.32 Å². The van der Waals surface area contributed by atoms with Crippen molar-refractivity contribution in [3.05, 3.63) is 109 Å². The molecule has 0 atom stereocenters. The average Bonchev–Trinajstić information content (AvgIpc) is 2.71. The highest BCUT2D eigenvalue weighted by atomic mass is 28.4. The van der Waals surface area contributed by atoms with Crippen molar-refractivity contribution in [1.82, 2.24) is 0 Å². The van der Waals surface area contributed by atoms with Gasteiger partial charge in [0.05, 0.1) is 6.61 Å². The van der Waals surface area contributed by atoms with Crippen LogP contribution in [-0.4, -0.2) is 8.32 Å². The normalized spacial score (nSPS) is 11.7. The van der Waals surface area contributed by atoms with Gasteiger partial charge in [-0.25, -0.2) is 0 Å². The van der Waals surface area contributed by atoms with Crippen molar-refractivity contribution < 1.29 is 4.43 Å². The molecule has 3 rings (SSSR count). The number of hydrogen-bond acceptors (Lipinski definition) is 1. The van der Waals surface area contributed by atoms with Crippen LogP contribution < -0.4 is 10.4 Å². The fourth-order valence-electron chi connectivity index (χ4n) is 3.11. The molecule has 2 heteroatoms. The van der Waals surface area contributed by atoms with Crippen LogP contribution in [-0.2, 0) is 11.0 Å². The van der Waals surface area contributed by atoms with Gasteiger partial charge in [-0.3, -0.25) is 0 Å². The molecule has 0 unspecified atom stereocenters. The van der Waals surface area contributed by atoms with Gasteiger partial charge in [0, 0.05) is 0 Å². The van der Waals surface area contributed by atoms with E-state index in [1.54, 1.807) is 0 Å². The molecule has 0 spiro atoms. The summed E-state index contributed by atoms with van der Waals surface area (Å²) < 4.78 is 6.78. The third-order valence-corrected chi connectivity index (χ3v) is 8.43. The largest absolute Gasteiger partial charge is 0.403 e. The average molecular weight is 345 g/mol. The second-order valence-corrected chi connectivity index (χ2v) is 9.61. The van der Waals surface area contributed by atoms with Crippen LogP contribution in [0.5, 0.6) is 0 Å². The zero-order valence-corrected chi connectivity index (χ0v) is 15.6. The fraction of sp³-hybridized carbons (Fsp3) is 0.130. The zero-order valence-electron chi connectivity index (χ0n) is 14.6. The Morgan fingerprint density at radius 2 is 1.20 bits per heavy atom. The number of rotatable bonds is 7. The maximum atomic E-state index is 6.78. The predicted molar refractivity (Wildman–Crippen MR) is 109 cm³/mol. The summed E-state index contributed by atoms with van der Waals surface area (Å²) in [6.45, 7) is 2.71. The van der Waals surface area contributed by atoms with Crippen LogP contribution in [0.3, 0.4) is 0 Å². The summed E-state index contributed by atoms with van der Waals surface area (Å²) in [5.74, 6) is 0. The van der Waals surface area contributed by atoms with Crippen LogP contribution in [0, 0.1) is 0 Å². The van der Waals surface area contributed by atoms with Gasteiger partial charge >= 0.3 is 0 Å². The van der Waals surface area contributed by atoms with Crippen molar-refractivity contribution in [3.8, 4) is 0 Å². The van der Waals surface area contributed by atoms with E-state index in [9.17, 15) is 0 Å². The molecule has 0 bridgehead atoms. The zero-order chi connectivity index (χ0) is 17.4. The van der Waals surface area contributed by atoms with Gasteiger partial charge in [0.25, 0.3) is 8.32 Å². The number of hydrogen-bond donors (Lipinski definition) is 0. The Morgan fingerprint density at radius 3 is 1.68 bits per heavy atom. The first kappa shape index (κ1) is 17.4. The van der Waals surface area contributed by atoms with E-state index in [0.717, 1.165) is 6.04 Å². The summed E-state index contributed by atoms with van der Waals surface area (Å²) in [6, 6.07) is 32.8. The standard InChI is InChI=1S/C23H24OSi/c1-2-3-19-25(22-15-9-5-10-16-22,23-17-11-6-12-18-23)24-20-21-13-7-4-8-14-21/h2-18H,19-20H2,1H3/b3-2+. The van der Waals surface area contributed by atoms with Crippen molar-refractivity contribution in [3.63, 3.8) is 0 Å². The van der Waals surface area contributed by atoms with Gasteiger partial charge < -0.3 is 4.43 Å². The summed E-state index contributed by atoms with van der Waals surface area (Å²) in [5.41, 5.74) is 1.21. The highest BCUT2D eigenvalue weighted by Gasteiger charge is 2.38. The van der Waals surface area contributed by atoms with Crippen molar-refractivity contribution in [2.75, 3.05) is 0 Å². The van der Waals surface area contributed by atoms with E-state index in [4.69, 9.17) is 4.43 Å². The first-order chi connectivity index (χ1) is 12.3. The molecule has 0 amide bonds. The molecule has 0 saturated heterocycles. The van der Waals surface area contributed by atoms with Crippen LogP contribution in [0.1, 0.15) is 12.5 Å². The second kappa shape index (κ2) is 8.61. The Balaban J connectivity index is 2.04. The first-order valence-electron chi connectivity index (χ1n) is 8.75. The minimum Gasteiger partial charge on any atom is -0.403 e. The van der Waals surface area contributed by atoms with Gasteiger partial charge in [0.15, 0.2) is 0 Å². The Bertz CT molecular complexity index is 743. The SMILES string of the molecule is C/C=C/C[Si](OCc1ccccc1)(c1ccccc1)c1ccccc1. The Morgan fingerprint density at radius 1 is 0.720 bits per heavy atom. The van der Waals surface area contributed by atoms with E-state index in [2.05, 4.69) is 104 Å². The topological polar surface area (TPSA) is 9.23 Å². The molecular formula is C23H24OSi. The highest BCUT2D eigenvalue weighted by Crippen LogP contribution is 2.17. The maximum Gasteiger partial charge on any atom is 0.259 e. The number of allylic oxidation sites excluding steroid dienone is 2. The van der Waals surface area contributed by atoms with Gasteiger partial charge in [-0.05, 0) is 28.9 Å². The molecule has 25 heavy (non-hydrogen) atoms. The Labute approximate surface area is 151 Å². The minimum absolute atomic E-state index is 0.633. The lowest BCUT2D eigenvalue weighted by atomic mass is 10.2. The minimum atomic E-state index is -2.34. The van der Waals surface area contributed by atoms with Crippen LogP contribution in [0.2, 0.25) is 6.04 Å². The lowest BCUT2D eigenvalue weighted by Crippen LogP contribution is -2.60. The van der Waals surface area contributed by atoms with Crippen molar-refractivity contribution >= 4 is 18.7 Å². The van der Waals surface area contributed by atoms with E-state index >= 15 is 0 Å². The van der Waals surface area contributed by atoms with E-state index in [1.165, 1.54) is 15.9 Å². The summed E-state index contributed by atoms with van der Waals surface area (Å²) in [6.07, 6.45) is 4.37. The fourth-order valence-corrected chi connectivity index (χ4v) is 6.81. The van der Waals surface area contributed by atoms with Gasteiger partial charge in [-0.15, -0.1) is 0 Å². The molecule has 0 fully saturated rings. The molecule has 126 valence electrons. The third-order valence-electron chi connectivity index (χ3n) is 4.45. The predicted octanol–water partition coefficient (Wildman–Crippen LogP) is 4.54. The Kier molecular flexibility index (Phi) is 5.99. The van der Waals surface area contributed by atoms with Crippen molar-refractivity contribution in [1.29, 1.82) is 0 Å². The molecule has 0 saturated carbocycles. The van der Waals surface area contributed by atoms with E-state index in [0.29, 0.717) is 6.61 Å². The lowest BCUT2D eigenvalue weighted by Gasteiger charge is -2.32. The third kappa shape index (κ3) is 4.16. The van der Waals surface area contributed by atoms with Gasteiger partial charge in [0.2, 0.25) is 0 Å². The molecule has 0 N–H and O–H groups in total. The van der Waals surface area contributed by atoms with Crippen LogP contribution in [0.25, 0.3) is 0 Å². The van der Waals surface area contributed by atoms with Gasteiger partial charge in [-0.1, -0.05) is 103 Å². The quantitative estimate of drug-likeness (QED) is 0.452. The van der Waals surface area contributed by atoms with Crippen LogP contribution in [0.15, 0.2) is 103 Å². The van der Waals surface area contributed by atoms with Crippen LogP contribution in [0.4, 0.5) is 0 Å².